The van der Waals surface area contributed by atoms with Gasteiger partial charge in [0.25, 0.3) is 0 Å². The highest BCUT2D eigenvalue weighted by atomic mass is 16.5. The maximum Gasteiger partial charge on any atom is 0.245 e. The zero-order valence-corrected chi connectivity index (χ0v) is 37.1. The standard InChI is InChI=1S/C45H72N6O7/c1-13-30(6)40(50(10)45(56)38(28(2)3)48-44(55)39(29(4)5)49(9)27-33-21-23-46-24-22-33)36(57-11)26-37(52)51-25-17-20-35(51)42(58-12)31(7)43(54)47-32(8)41(53)34-18-15-14-16-19-34/h14-16,18-19,21-24,28-32,35-36,38-42,53H,13,17,20,25-27H2,1-12H3,(H,47,54)(H,48,55)/t30-,31+,32+,35-,36+,38-,39-,40-,41+,42+/m0/s1. The summed E-state index contributed by atoms with van der Waals surface area (Å²) in [5.74, 6) is -1.76. The molecule has 4 amide bonds. The van der Waals surface area contributed by atoms with E-state index in [4.69, 9.17) is 9.47 Å². The molecule has 1 aliphatic rings. The zero-order valence-electron chi connectivity index (χ0n) is 37.1. The third-order valence-corrected chi connectivity index (χ3v) is 12.0. The molecular weight excluding hydrogens is 737 g/mol. The minimum absolute atomic E-state index is 0.0187. The van der Waals surface area contributed by atoms with Crippen molar-refractivity contribution in [3.8, 4) is 0 Å². The van der Waals surface area contributed by atoms with Crippen LogP contribution in [0.5, 0.6) is 0 Å². The Bertz CT molecular complexity index is 1580. The van der Waals surface area contributed by atoms with Crippen LogP contribution in [0.1, 0.15) is 98.3 Å². The van der Waals surface area contributed by atoms with Gasteiger partial charge in [-0.15, -0.1) is 0 Å². The summed E-state index contributed by atoms with van der Waals surface area (Å²) in [6.45, 7) is 16.5. The second-order valence-corrected chi connectivity index (χ2v) is 16.9. The van der Waals surface area contributed by atoms with Crippen LogP contribution in [0.2, 0.25) is 0 Å². The molecule has 13 nitrogen and oxygen atoms in total. The van der Waals surface area contributed by atoms with Gasteiger partial charge < -0.3 is 35.0 Å². The molecule has 2 heterocycles. The first-order valence-electron chi connectivity index (χ1n) is 21.0. The first-order chi connectivity index (χ1) is 27.5. The Morgan fingerprint density at radius 1 is 0.897 bits per heavy atom. The number of amides is 4. The number of aliphatic hydroxyl groups is 1. The third kappa shape index (κ3) is 12.5. The first-order valence-corrected chi connectivity index (χ1v) is 21.0. The first kappa shape index (κ1) is 48.5. The highest BCUT2D eigenvalue weighted by molar-refractivity contribution is 5.90. The molecule has 0 bridgehead atoms. The maximum absolute atomic E-state index is 14.5. The summed E-state index contributed by atoms with van der Waals surface area (Å²) in [5, 5.41) is 16.9. The van der Waals surface area contributed by atoms with Crippen molar-refractivity contribution in [2.75, 3.05) is 34.9 Å². The van der Waals surface area contributed by atoms with Gasteiger partial charge in [-0.25, -0.2) is 0 Å². The molecule has 3 rings (SSSR count). The Morgan fingerprint density at radius 2 is 1.53 bits per heavy atom. The number of hydrogen-bond acceptors (Lipinski definition) is 9. The number of carbonyl (C=O) groups is 4. The number of likely N-dealkylation sites (N-methyl/N-ethyl adjacent to an activating group) is 2. The summed E-state index contributed by atoms with van der Waals surface area (Å²) in [6.07, 6.45) is 3.52. The van der Waals surface area contributed by atoms with Crippen molar-refractivity contribution >= 4 is 23.6 Å². The highest BCUT2D eigenvalue weighted by Crippen LogP contribution is 2.30. The normalized spacial score (nSPS) is 19.2. The molecule has 0 spiro atoms. The van der Waals surface area contributed by atoms with Gasteiger partial charge in [-0.1, -0.05) is 85.2 Å². The summed E-state index contributed by atoms with van der Waals surface area (Å²) in [4.78, 5) is 65.9. The maximum atomic E-state index is 14.5. The topological polar surface area (TPSA) is 154 Å². The van der Waals surface area contributed by atoms with Crippen molar-refractivity contribution in [2.45, 2.75) is 136 Å². The third-order valence-electron chi connectivity index (χ3n) is 12.0. The lowest BCUT2D eigenvalue weighted by atomic mass is 9.89. The Morgan fingerprint density at radius 3 is 2.09 bits per heavy atom. The van der Waals surface area contributed by atoms with Crippen molar-refractivity contribution < 1.29 is 33.8 Å². The molecule has 2 aromatic rings. The van der Waals surface area contributed by atoms with Gasteiger partial charge in [0.2, 0.25) is 23.6 Å². The number of likely N-dealkylation sites (tertiary alicyclic amines) is 1. The second-order valence-electron chi connectivity index (χ2n) is 16.9. The van der Waals surface area contributed by atoms with E-state index in [9.17, 15) is 24.3 Å². The van der Waals surface area contributed by atoms with Crippen LogP contribution in [0.3, 0.4) is 0 Å². The number of carbonyl (C=O) groups excluding carboxylic acids is 4. The monoisotopic (exact) mass is 809 g/mol. The fraction of sp³-hybridized carbons (Fsp3) is 0.667. The van der Waals surface area contributed by atoms with Gasteiger partial charge in [-0.3, -0.25) is 29.1 Å². The van der Waals surface area contributed by atoms with Crippen LogP contribution in [-0.4, -0.2) is 126 Å². The lowest BCUT2D eigenvalue weighted by molar-refractivity contribution is -0.148. The molecule has 3 N–H and O–H groups in total. The second kappa shape index (κ2) is 23.0. The van der Waals surface area contributed by atoms with E-state index in [0.29, 0.717) is 25.1 Å². The predicted octanol–water partition coefficient (Wildman–Crippen LogP) is 4.84. The molecular formula is C45H72N6O7. The molecule has 0 unspecified atom stereocenters. The molecule has 13 heteroatoms. The average molecular weight is 809 g/mol. The Balaban J connectivity index is 1.76. The SMILES string of the molecule is CC[C@H](C)[C@@H]([C@@H](CC(=O)N1CCC[C@H]1[C@H](OC)[C@@H](C)C(=O)N[C@H](C)[C@@H](O)c1ccccc1)OC)N(C)C(=O)[C@@H](NC(=O)[C@H](C(C)C)N(C)Cc1ccncc1)C(C)C. The van der Waals surface area contributed by atoms with E-state index < -0.39 is 48.4 Å². The number of aromatic nitrogens is 1. The van der Waals surface area contributed by atoms with Crippen LogP contribution < -0.4 is 10.6 Å². The van der Waals surface area contributed by atoms with E-state index in [0.717, 1.165) is 18.4 Å². The summed E-state index contributed by atoms with van der Waals surface area (Å²) in [5.41, 5.74) is 1.74. The van der Waals surface area contributed by atoms with Crippen LogP contribution >= 0.6 is 0 Å². The molecule has 1 aliphatic heterocycles. The van der Waals surface area contributed by atoms with E-state index in [1.807, 2.05) is 96.0 Å². The summed E-state index contributed by atoms with van der Waals surface area (Å²) < 4.78 is 12.0. The minimum Gasteiger partial charge on any atom is -0.386 e. The number of rotatable bonds is 22. The number of nitrogens with one attached hydrogen (secondary N) is 2. The molecule has 0 saturated carbocycles. The quantitative estimate of drug-likeness (QED) is 0.152. The molecule has 0 aliphatic carbocycles. The summed E-state index contributed by atoms with van der Waals surface area (Å²) >= 11 is 0. The van der Waals surface area contributed by atoms with Crippen molar-refractivity contribution in [1.29, 1.82) is 0 Å². The molecule has 1 aromatic carbocycles. The number of nitrogens with zero attached hydrogens (tertiary/aromatic N) is 4. The molecule has 10 atom stereocenters. The zero-order chi connectivity index (χ0) is 43.3. The minimum atomic E-state index is -0.883. The molecule has 1 saturated heterocycles. The molecule has 324 valence electrons. The number of methoxy groups -OCH3 is 2. The van der Waals surface area contributed by atoms with Crippen LogP contribution in [0, 0.1) is 23.7 Å². The molecule has 58 heavy (non-hydrogen) atoms. The van der Waals surface area contributed by atoms with Crippen molar-refractivity contribution in [3.63, 3.8) is 0 Å². The Hall–Kier alpha value is -3.91. The Kier molecular flexibility index (Phi) is 19.2. The fourth-order valence-corrected chi connectivity index (χ4v) is 8.54. The van der Waals surface area contributed by atoms with Gasteiger partial charge in [0, 0.05) is 46.8 Å². The van der Waals surface area contributed by atoms with Crippen molar-refractivity contribution in [3.05, 3.63) is 66.0 Å². The summed E-state index contributed by atoms with van der Waals surface area (Å²) in [6, 6.07) is 10.4. The number of aliphatic hydroxyl groups excluding tert-OH is 1. The van der Waals surface area contributed by atoms with Crippen LogP contribution in [0.25, 0.3) is 0 Å². The molecule has 1 aromatic heterocycles. The fourth-order valence-electron chi connectivity index (χ4n) is 8.54. The van der Waals surface area contributed by atoms with E-state index >= 15 is 0 Å². The average Bonchev–Trinajstić information content (AvgIpc) is 3.69. The Labute approximate surface area is 347 Å². The lowest BCUT2D eigenvalue weighted by Crippen LogP contribution is -2.60. The van der Waals surface area contributed by atoms with Crippen LogP contribution in [0.4, 0.5) is 0 Å². The van der Waals surface area contributed by atoms with Gasteiger partial charge >= 0.3 is 0 Å². The number of ether oxygens (including phenoxy) is 2. The van der Waals surface area contributed by atoms with Crippen molar-refractivity contribution in [2.24, 2.45) is 23.7 Å². The smallest absolute Gasteiger partial charge is 0.245 e. The predicted molar refractivity (Wildman–Crippen MR) is 226 cm³/mol. The van der Waals surface area contributed by atoms with Crippen LogP contribution in [-0.2, 0) is 35.2 Å². The van der Waals surface area contributed by atoms with Gasteiger partial charge in [0.1, 0.15) is 6.04 Å². The van der Waals surface area contributed by atoms with Gasteiger partial charge in [-0.2, -0.15) is 0 Å². The van der Waals surface area contributed by atoms with E-state index in [1.165, 1.54) is 0 Å². The summed E-state index contributed by atoms with van der Waals surface area (Å²) in [7, 11) is 6.77. The molecule has 1 fully saturated rings. The van der Waals surface area contributed by atoms with E-state index in [2.05, 4.69) is 15.6 Å². The van der Waals surface area contributed by atoms with Gasteiger partial charge in [0.15, 0.2) is 0 Å². The number of hydrogen-bond donors (Lipinski definition) is 3. The number of benzene rings is 1. The molecule has 0 radical (unpaired) electrons. The van der Waals surface area contributed by atoms with E-state index in [-0.39, 0.29) is 53.8 Å². The lowest BCUT2D eigenvalue weighted by Gasteiger charge is -2.41. The van der Waals surface area contributed by atoms with Gasteiger partial charge in [-0.05, 0) is 67.8 Å². The largest absolute Gasteiger partial charge is 0.386 e. The van der Waals surface area contributed by atoms with Gasteiger partial charge in [0.05, 0.1) is 54.8 Å². The van der Waals surface area contributed by atoms with E-state index in [1.54, 1.807) is 57.3 Å². The highest BCUT2D eigenvalue weighted by Gasteiger charge is 2.43. The van der Waals surface area contributed by atoms with Crippen LogP contribution in [0.15, 0.2) is 54.9 Å². The van der Waals surface area contributed by atoms with Crippen molar-refractivity contribution in [1.82, 2.24) is 30.3 Å². The number of pyridine rings is 1.